The van der Waals surface area contributed by atoms with Crippen molar-refractivity contribution in [2.45, 2.75) is 37.5 Å². The molecule has 0 aliphatic heterocycles. The standard InChI is InChI=1S/C24H20Br2/c25-23-14-20(12-18-10-16-6-2-4-8-22(16)18)24(26)13-19(23)11-17-9-15-5-1-3-7-21(15)17/h1-8,13-14,17-18H,9-12H2. The molecule has 5 rings (SSSR count). The molecule has 0 spiro atoms. The van der Waals surface area contributed by atoms with Crippen molar-refractivity contribution in [3.8, 4) is 0 Å². The highest BCUT2D eigenvalue weighted by molar-refractivity contribution is 9.11. The third kappa shape index (κ3) is 2.88. The number of hydrogen-bond acceptors (Lipinski definition) is 0. The van der Waals surface area contributed by atoms with Gasteiger partial charge < -0.3 is 0 Å². The summed E-state index contributed by atoms with van der Waals surface area (Å²) in [6.45, 7) is 0. The van der Waals surface area contributed by atoms with Crippen LogP contribution in [-0.4, -0.2) is 0 Å². The van der Waals surface area contributed by atoms with Crippen molar-refractivity contribution < 1.29 is 0 Å². The van der Waals surface area contributed by atoms with Crippen LogP contribution in [0.15, 0.2) is 69.6 Å². The van der Waals surface area contributed by atoms with Gasteiger partial charge in [0, 0.05) is 8.95 Å². The Hall–Kier alpha value is -1.38. The van der Waals surface area contributed by atoms with E-state index in [9.17, 15) is 0 Å². The first-order valence-electron chi connectivity index (χ1n) is 9.31. The van der Waals surface area contributed by atoms with Gasteiger partial charge in [-0.25, -0.2) is 0 Å². The molecule has 130 valence electrons. The third-order valence-electron chi connectivity index (χ3n) is 6.07. The minimum atomic E-state index is 0.666. The molecular weight excluding hydrogens is 448 g/mol. The van der Waals surface area contributed by atoms with Gasteiger partial charge in [-0.2, -0.15) is 0 Å². The van der Waals surface area contributed by atoms with Gasteiger partial charge in [0.2, 0.25) is 0 Å². The Bertz CT molecular complexity index is 908. The zero-order valence-corrected chi connectivity index (χ0v) is 17.7. The fourth-order valence-corrected chi connectivity index (χ4v) is 5.67. The zero-order chi connectivity index (χ0) is 17.7. The molecule has 3 aromatic carbocycles. The van der Waals surface area contributed by atoms with Crippen molar-refractivity contribution in [3.63, 3.8) is 0 Å². The third-order valence-corrected chi connectivity index (χ3v) is 7.55. The highest BCUT2D eigenvalue weighted by Gasteiger charge is 2.28. The lowest BCUT2D eigenvalue weighted by molar-refractivity contribution is 0.597. The van der Waals surface area contributed by atoms with E-state index in [4.69, 9.17) is 0 Å². The first kappa shape index (κ1) is 16.8. The molecule has 2 aliphatic rings. The normalized spacial score (nSPS) is 19.9. The summed E-state index contributed by atoms with van der Waals surface area (Å²) in [7, 11) is 0. The fourth-order valence-electron chi connectivity index (χ4n) is 4.56. The van der Waals surface area contributed by atoms with E-state index < -0.39 is 0 Å². The lowest BCUT2D eigenvalue weighted by atomic mass is 9.73. The van der Waals surface area contributed by atoms with Crippen LogP contribution < -0.4 is 0 Å². The maximum atomic E-state index is 3.84. The molecule has 0 aromatic heterocycles. The molecule has 3 aromatic rings. The minimum absolute atomic E-state index is 0.666. The topological polar surface area (TPSA) is 0 Å². The highest BCUT2D eigenvalue weighted by atomic mass is 79.9. The van der Waals surface area contributed by atoms with Gasteiger partial charge in [-0.05, 0) is 83.0 Å². The molecule has 0 fully saturated rings. The summed E-state index contributed by atoms with van der Waals surface area (Å²) < 4.78 is 2.51. The lowest BCUT2D eigenvalue weighted by Crippen LogP contribution is -2.20. The number of halogens is 2. The van der Waals surface area contributed by atoms with E-state index in [-0.39, 0.29) is 0 Å². The average molecular weight is 468 g/mol. The summed E-state index contributed by atoms with van der Waals surface area (Å²) in [5.74, 6) is 1.33. The molecular formula is C24H20Br2. The van der Waals surface area contributed by atoms with Crippen LogP contribution in [0, 0.1) is 0 Å². The molecule has 2 aliphatic carbocycles. The summed E-state index contributed by atoms with van der Waals surface area (Å²) in [4.78, 5) is 0. The summed E-state index contributed by atoms with van der Waals surface area (Å²) >= 11 is 7.69. The SMILES string of the molecule is Brc1cc(CC2Cc3ccccc32)c(Br)cc1CC1Cc2ccccc21. The van der Waals surface area contributed by atoms with Gasteiger partial charge in [0.1, 0.15) is 0 Å². The molecule has 0 bridgehead atoms. The van der Waals surface area contributed by atoms with E-state index in [1.54, 1.807) is 0 Å². The highest BCUT2D eigenvalue weighted by Crippen LogP contribution is 2.41. The van der Waals surface area contributed by atoms with Crippen molar-refractivity contribution in [3.05, 3.63) is 103 Å². The second-order valence-electron chi connectivity index (χ2n) is 7.64. The Kier molecular flexibility index (Phi) is 4.29. The average Bonchev–Trinajstić information content (AvgIpc) is 2.61. The number of fused-ring (bicyclic) bond motifs is 2. The molecule has 0 radical (unpaired) electrons. The Morgan fingerprint density at radius 2 is 1.08 bits per heavy atom. The van der Waals surface area contributed by atoms with Crippen molar-refractivity contribution in [1.29, 1.82) is 0 Å². The second-order valence-corrected chi connectivity index (χ2v) is 9.35. The molecule has 26 heavy (non-hydrogen) atoms. The van der Waals surface area contributed by atoms with Crippen molar-refractivity contribution in [1.82, 2.24) is 0 Å². The predicted molar refractivity (Wildman–Crippen MR) is 115 cm³/mol. The van der Waals surface area contributed by atoms with E-state index in [1.807, 2.05) is 0 Å². The molecule has 0 amide bonds. The molecule has 2 heteroatoms. The summed E-state index contributed by atoms with van der Waals surface area (Å²) in [6.07, 6.45) is 4.65. The second kappa shape index (κ2) is 6.65. The Morgan fingerprint density at radius 1 is 0.654 bits per heavy atom. The van der Waals surface area contributed by atoms with Crippen LogP contribution in [0.4, 0.5) is 0 Å². The van der Waals surface area contributed by atoms with Gasteiger partial charge in [-0.15, -0.1) is 0 Å². The van der Waals surface area contributed by atoms with E-state index in [1.165, 1.54) is 55.2 Å². The largest absolute Gasteiger partial charge is 0.0620 e. The molecule has 0 N–H and O–H groups in total. The molecule has 2 atom stereocenters. The Morgan fingerprint density at radius 3 is 1.50 bits per heavy atom. The van der Waals surface area contributed by atoms with E-state index >= 15 is 0 Å². The zero-order valence-electron chi connectivity index (χ0n) is 14.5. The summed E-state index contributed by atoms with van der Waals surface area (Å²) in [6, 6.07) is 22.4. The van der Waals surface area contributed by atoms with Crippen LogP contribution in [0.1, 0.15) is 45.2 Å². The molecule has 0 saturated heterocycles. The van der Waals surface area contributed by atoms with E-state index in [0.29, 0.717) is 11.8 Å². The van der Waals surface area contributed by atoms with Crippen molar-refractivity contribution >= 4 is 31.9 Å². The minimum Gasteiger partial charge on any atom is -0.0620 e. The van der Waals surface area contributed by atoms with Gasteiger partial charge in [-0.1, -0.05) is 80.4 Å². The maximum absolute atomic E-state index is 3.84. The van der Waals surface area contributed by atoms with Crippen molar-refractivity contribution in [2.24, 2.45) is 0 Å². The van der Waals surface area contributed by atoms with Gasteiger partial charge in [0.25, 0.3) is 0 Å². The maximum Gasteiger partial charge on any atom is 0.0211 e. The molecule has 2 unspecified atom stereocenters. The number of rotatable bonds is 4. The van der Waals surface area contributed by atoms with Crippen LogP contribution in [0.25, 0.3) is 0 Å². The van der Waals surface area contributed by atoms with Crippen LogP contribution in [0.5, 0.6) is 0 Å². The molecule has 0 heterocycles. The predicted octanol–water partition coefficient (Wildman–Crippen LogP) is 6.98. The van der Waals surface area contributed by atoms with Gasteiger partial charge in [0.05, 0.1) is 0 Å². The van der Waals surface area contributed by atoms with Crippen molar-refractivity contribution in [2.75, 3.05) is 0 Å². The summed E-state index contributed by atoms with van der Waals surface area (Å²) in [5, 5.41) is 0. The first-order valence-corrected chi connectivity index (χ1v) is 10.9. The van der Waals surface area contributed by atoms with Crippen LogP contribution in [0.3, 0.4) is 0 Å². The lowest BCUT2D eigenvalue weighted by Gasteiger charge is -2.31. The van der Waals surface area contributed by atoms with Gasteiger partial charge in [0.15, 0.2) is 0 Å². The number of benzene rings is 3. The van der Waals surface area contributed by atoms with Crippen LogP contribution >= 0.6 is 31.9 Å². The first-order chi connectivity index (χ1) is 12.7. The van der Waals surface area contributed by atoms with Gasteiger partial charge >= 0.3 is 0 Å². The smallest absolute Gasteiger partial charge is 0.0211 e. The van der Waals surface area contributed by atoms with Gasteiger partial charge in [-0.3, -0.25) is 0 Å². The monoisotopic (exact) mass is 466 g/mol. The molecule has 0 nitrogen and oxygen atoms in total. The quantitative estimate of drug-likeness (QED) is 0.388. The summed E-state index contributed by atoms with van der Waals surface area (Å²) in [5.41, 5.74) is 8.93. The number of hydrogen-bond donors (Lipinski definition) is 0. The van der Waals surface area contributed by atoms with Crippen LogP contribution in [-0.2, 0) is 25.7 Å². The Labute approximate surface area is 171 Å². The fraction of sp³-hybridized carbons (Fsp3) is 0.250. The molecule has 0 saturated carbocycles. The Balaban J connectivity index is 1.34. The van der Waals surface area contributed by atoms with Crippen LogP contribution in [0.2, 0.25) is 0 Å². The van der Waals surface area contributed by atoms with E-state index in [0.717, 1.165) is 12.8 Å². The van der Waals surface area contributed by atoms with E-state index in [2.05, 4.69) is 92.5 Å².